The number of nitrogens with zero attached hydrogens (tertiary/aromatic N) is 1. The lowest BCUT2D eigenvalue weighted by Crippen LogP contribution is -2.44. The summed E-state index contributed by atoms with van der Waals surface area (Å²) in [4.78, 5) is 25.0. The summed E-state index contributed by atoms with van der Waals surface area (Å²) in [6, 6.07) is 5.43. The number of alkyl halides is 3. The summed E-state index contributed by atoms with van der Waals surface area (Å²) in [6.07, 6.45) is -2.65. The molecule has 1 aliphatic heterocycles. The van der Waals surface area contributed by atoms with Crippen molar-refractivity contribution in [1.29, 1.82) is 0 Å². The molecule has 1 aliphatic rings. The van der Waals surface area contributed by atoms with Crippen LogP contribution in [0.4, 0.5) is 13.2 Å². The second-order valence-corrected chi connectivity index (χ2v) is 5.77. The van der Waals surface area contributed by atoms with Crippen molar-refractivity contribution in [2.45, 2.75) is 32.0 Å². The Morgan fingerprint density at radius 3 is 2.50 bits per heavy atom. The molecule has 2 N–H and O–H groups in total. The zero-order valence-corrected chi connectivity index (χ0v) is 13.0. The second-order valence-electron chi connectivity index (χ2n) is 5.77. The van der Waals surface area contributed by atoms with Crippen molar-refractivity contribution >= 4 is 11.8 Å². The van der Waals surface area contributed by atoms with E-state index in [1.807, 2.05) is 0 Å². The Bertz CT molecular complexity index is 587. The number of benzene rings is 1. The van der Waals surface area contributed by atoms with Gasteiger partial charge in [0.25, 0.3) is 0 Å². The lowest BCUT2D eigenvalue weighted by Gasteiger charge is -2.31. The average Bonchev–Trinajstić information content (AvgIpc) is 2.52. The number of carbonyl (C=O) groups is 2. The van der Waals surface area contributed by atoms with E-state index in [9.17, 15) is 22.8 Å². The van der Waals surface area contributed by atoms with E-state index in [0.717, 1.165) is 12.0 Å². The quantitative estimate of drug-likeness (QED) is 0.890. The van der Waals surface area contributed by atoms with Crippen molar-refractivity contribution in [1.82, 2.24) is 4.90 Å². The van der Waals surface area contributed by atoms with E-state index in [2.05, 4.69) is 4.74 Å². The smallest absolute Gasteiger partial charge is 0.406 e. The predicted octanol–water partition coefficient (Wildman–Crippen LogP) is 2.24. The van der Waals surface area contributed by atoms with Gasteiger partial charge in [0.2, 0.25) is 11.8 Å². The highest BCUT2D eigenvalue weighted by Crippen LogP contribution is 2.23. The molecule has 2 amide bonds. The van der Waals surface area contributed by atoms with Crippen LogP contribution in [-0.2, 0) is 16.0 Å². The number of piperidine rings is 1. The molecule has 2 rings (SSSR count). The average molecular weight is 344 g/mol. The Morgan fingerprint density at radius 2 is 1.92 bits per heavy atom. The monoisotopic (exact) mass is 344 g/mol. The van der Waals surface area contributed by atoms with E-state index < -0.39 is 12.3 Å². The van der Waals surface area contributed by atoms with Crippen LogP contribution < -0.4 is 10.5 Å². The maximum absolute atomic E-state index is 12.2. The highest BCUT2D eigenvalue weighted by molar-refractivity contribution is 5.80. The van der Waals surface area contributed by atoms with E-state index >= 15 is 0 Å². The maximum Gasteiger partial charge on any atom is 0.573 e. The summed E-state index contributed by atoms with van der Waals surface area (Å²) in [7, 11) is 0. The Labute approximate surface area is 137 Å². The first-order valence-corrected chi connectivity index (χ1v) is 7.66. The Morgan fingerprint density at radius 1 is 1.25 bits per heavy atom. The van der Waals surface area contributed by atoms with Crippen LogP contribution in [0.1, 0.15) is 24.8 Å². The van der Waals surface area contributed by atoms with Gasteiger partial charge < -0.3 is 15.4 Å². The highest BCUT2D eigenvalue weighted by atomic mass is 19.4. The minimum atomic E-state index is -4.72. The molecule has 0 bridgehead atoms. The summed E-state index contributed by atoms with van der Waals surface area (Å²) in [5.74, 6) is -1.08. The summed E-state index contributed by atoms with van der Waals surface area (Å²) in [6.45, 7) is 0.938. The van der Waals surface area contributed by atoms with Crippen LogP contribution in [0.3, 0.4) is 0 Å². The van der Waals surface area contributed by atoms with Crippen molar-refractivity contribution in [3.63, 3.8) is 0 Å². The molecule has 8 heteroatoms. The number of likely N-dealkylation sites (tertiary alicyclic amines) is 1. The number of primary amides is 1. The minimum absolute atomic E-state index is 0.0865. The topological polar surface area (TPSA) is 72.6 Å². The molecule has 0 radical (unpaired) electrons. The zero-order valence-electron chi connectivity index (χ0n) is 13.0. The van der Waals surface area contributed by atoms with Crippen molar-refractivity contribution in [2.24, 2.45) is 11.7 Å². The molecule has 24 heavy (non-hydrogen) atoms. The SMILES string of the molecule is NC(=O)[C@H]1CCCN(C(=O)CCc2ccc(OC(F)(F)F)cc2)C1. The van der Waals surface area contributed by atoms with Crippen molar-refractivity contribution in [2.75, 3.05) is 13.1 Å². The van der Waals surface area contributed by atoms with Gasteiger partial charge in [0.15, 0.2) is 0 Å². The van der Waals surface area contributed by atoms with Gasteiger partial charge in [-0.3, -0.25) is 9.59 Å². The molecule has 1 heterocycles. The summed E-state index contributed by atoms with van der Waals surface area (Å²) >= 11 is 0. The van der Waals surface area contributed by atoms with Crippen molar-refractivity contribution in [3.05, 3.63) is 29.8 Å². The first-order chi connectivity index (χ1) is 11.2. The van der Waals surface area contributed by atoms with E-state index in [-0.39, 0.29) is 24.0 Å². The third kappa shape index (κ3) is 5.43. The Kier molecular flexibility index (Phi) is 5.69. The largest absolute Gasteiger partial charge is 0.573 e. The number of amides is 2. The van der Waals surface area contributed by atoms with Gasteiger partial charge in [-0.1, -0.05) is 12.1 Å². The molecule has 0 saturated carbocycles. The first kappa shape index (κ1) is 18.1. The molecular formula is C16H19F3N2O3. The van der Waals surface area contributed by atoms with E-state index in [0.29, 0.717) is 25.9 Å². The van der Waals surface area contributed by atoms with Crippen LogP contribution >= 0.6 is 0 Å². The predicted molar refractivity (Wildman–Crippen MR) is 79.9 cm³/mol. The molecule has 1 atom stereocenters. The number of hydrogen-bond donors (Lipinski definition) is 1. The standard InChI is InChI=1S/C16H19F3N2O3/c17-16(18,19)24-13-6-3-11(4-7-13)5-8-14(22)21-9-1-2-12(10-21)15(20)23/h3-4,6-7,12H,1-2,5,8-10H2,(H2,20,23)/t12-/m0/s1. The van der Waals surface area contributed by atoms with Gasteiger partial charge in [-0.2, -0.15) is 0 Å². The van der Waals surface area contributed by atoms with Gasteiger partial charge in [0, 0.05) is 19.5 Å². The molecule has 0 aliphatic carbocycles. The minimum Gasteiger partial charge on any atom is -0.406 e. The molecule has 132 valence electrons. The summed E-state index contributed by atoms with van der Waals surface area (Å²) in [5.41, 5.74) is 6.02. The number of aryl methyl sites for hydroxylation is 1. The highest BCUT2D eigenvalue weighted by Gasteiger charge is 2.31. The van der Waals surface area contributed by atoms with E-state index in [4.69, 9.17) is 5.73 Å². The van der Waals surface area contributed by atoms with Crippen molar-refractivity contribution < 1.29 is 27.5 Å². The molecule has 0 spiro atoms. The van der Waals surface area contributed by atoms with Crippen LogP contribution in [0.2, 0.25) is 0 Å². The zero-order chi connectivity index (χ0) is 17.7. The van der Waals surface area contributed by atoms with E-state index in [1.165, 1.54) is 24.3 Å². The maximum atomic E-state index is 12.2. The van der Waals surface area contributed by atoms with Gasteiger partial charge in [-0.15, -0.1) is 13.2 Å². The fraction of sp³-hybridized carbons (Fsp3) is 0.500. The van der Waals surface area contributed by atoms with Gasteiger partial charge >= 0.3 is 6.36 Å². The van der Waals surface area contributed by atoms with Crippen LogP contribution in [-0.4, -0.2) is 36.2 Å². The first-order valence-electron chi connectivity index (χ1n) is 7.66. The van der Waals surface area contributed by atoms with Crippen molar-refractivity contribution in [3.8, 4) is 5.75 Å². The van der Waals surface area contributed by atoms with Gasteiger partial charge in [-0.25, -0.2) is 0 Å². The van der Waals surface area contributed by atoms with Crippen LogP contribution in [0, 0.1) is 5.92 Å². The lowest BCUT2D eigenvalue weighted by molar-refractivity contribution is -0.274. The number of rotatable bonds is 5. The Balaban J connectivity index is 1.84. The molecule has 1 saturated heterocycles. The molecule has 1 fully saturated rings. The fourth-order valence-corrected chi connectivity index (χ4v) is 2.70. The molecular weight excluding hydrogens is 325 g/mol. The van der Waals surface area contributed by atoms with Gasteiger partial charge in [-0.05, 0) is 37.0 Å². The summed E-state index contributed by atoms with van der Waals surface area (Å²) < 4.78 is 40.0. The fourth-order valence-electron chi connectivity index (χ4n) is 2.70. The molecule has 0 aromatic heterocycles. The molecule has 0 unspecified atom stereocenters. The molecule has 5 nitrogen and oxygen atoms in total. The Hall–Kier alpha value is -2.25. The third-order valence-electron chi connectivity index (χ3n) is 3.96. The van der Waals surface area contributed by atoms with E-state index in [1.54, 1.807) is 4.90 Å². The lowest BCUT2D eigenvalue weighted by atomic mass is 9.97. The van der Waals surface area contributed by atoms with Crippen LogP contribution in [0.15, 0.2) is 24.3 Å². The van der Waals surface area contributed by atoms with Crippen LogP contribution in [0.25, 0.3) is 0 Å². The third-order valence-corrected chi connectivity index (χ3v) is 3.96. The summed E-state index contributed by atoms with van der Waals surface area (Å²) in [5, 5.41) is 0. The second kappa shape index (κ2) is 7.55. The molecule has 1 aromatic carbocycles. The van der Waals surface area contributed by atoms with Crippen LogP contribution in [0.5, 0.6) is 5.75 Å². The normalized spacial score (nSPS) is 18.3. The number of carbonyl (C=O) groups excluding carboxylic acids is 2. The number of nitrogens with two attached hydrogens (primary N) is 1. The van der Waals surface area contributed by atoms with Gasteiger partial charge in [0.05, 0.1) is 5.92 Å². The molecule has 1 aromatic rings. The number of hydrogen-bond acceptors (Lipinski definition) is 3. The number of halogens is 3. The van der Waals surface area contributed by atoms with Gasteiger partial charge in [0.1, 0.15) is 5.75 Å². The number of ether oxygens (including phenoxy) is 1.